The summed E-state index contributed by atoms with van der Waals surface area (Å²) in [6, 6.07) is 0. The minimum atomic E-state index is 0.0326. The van der Waals surface area contributed by atoms with Crippen LogP contribution in [0.4, 0.5) is 0 Å². The molecular formula is C10H21N4+. The van der Waals surface area contributed by atoms with E-state index in [4.69, 9.17) is 0 Å². The SMILES string of the molecule is CC(C)(C)Nn1cn[n+](C(C)(C)C)c1. The van der Waals surface area contributed by atoms with E-state index < -0.39 is 0 Å². The Kier molecular flexibility index (Phi) is 2.56. The molecule has 0 aliphatic carbocycles. The number of aromatic nitrogens is 3. The van der Waals surface area contributed by atoms with Crippen LogP contribution in [0.3, 0.4) is 0 Å². The van der Waals surface area contributed by atoms with E-state index in [2.05, 4.69) is 52.1 Å². The maximum atomic E-state index is 4.29. The van der Waals surface area contributed by atoms with Gasteiger partial charge in [-0.1, -0.05) is 0 Å². The third-order valence-corrected chi connectivity index (χ3v) is 1.69. The molecule has 0 aliphatic heterocycles. The highest BCUT2D eigenvalue weighted by atomic mass is 15.5. The highest BCUT2D eigenvalue weighted by molar-refractivity contribution is 4.85. The molecule has 0 bridgehead atoms. The van der Waals surface area contributed by atoms with Gasteiger partial charge < -0.3 is 0 Å². The monoisotopic (exact) mass is 197 g/mol. The predicted molar refractivity (Wildman–Crippen MR) is 56.5 cm³/mol. The zero-order valence-corrected chi connectivity index (χ0v) is 10.00. The summed E-state index contributed by atoms with van der Waals surface area (Å²) in [5.41, 5.74) is 3.39. The van der Waals surface area contributed by atoms with Gasteiger partial charge in [-0.15, -0.1) is 9.36 Å². The lowest BCUT2D eigenvalue weighted by molar-refractivity contribution is -0.804. The molecule has 0 fully saturated rings. The number of hydrogen-bond donors (Lipinski definition) is 1. The van der Waals surface area contributed by atoms with E-state index in [1.165, 1.54) is 0 Å². The fourth-order valence-corrected chi connectivity index (χ4v) is 1.08. The van der Waals surface area contributed by atoms with Gasteiger partial charge in [-0.2, -0.15) is 0 Å². The summed E-state index contributed by atoms with van der Waals surface area (Å²) in [4.78, 5) is 0. The summed E-state index contributed by atoms with van der Waals surface area (Å²) < 4.78 is 3.83. The molecule has 0 amide bonds. The normalized spacial score (nSPS) is 13.0. The van der Waals surface area contributed by atoms with Crippen molar-refractivity contribution in [1.82, 2.24) is 9.77 Å². The van der Waals surface area contributed by atoms with Gasteiger partial charge in [0.1, 0.15) is 5.54 Å². The van der Waals surface area contributed by atoms with Gasteiger partial charge in [-0.25, -0.2) is 5.43 Å². The molecule has 4 heteroatoms. The molecule has 1 aromatic heterocycles. The molecule has 0 atom stereocenters. The summed E-state index contributed by atoms with van der Waals surface area (Å²) in [5.74, 6) is 0. The molecule has 1 heterocycles. The second-order valence-electron chi connectivity index (χ2n) is 5.63. The van der Waals surface area contributed by atoms with Crippen molar-refractivity contribution >= 4 is 0 Å². The van der Waals surface area contributed by atoms with E-state index in [1.54, 1.807) is 6.33 Å². The van der Waals surface area contributed by atoms with Gasteiger partial charge in [-0.3, -0.25) is 0 Å². The summed E-state index contributed by atoms with van der Waals surface area (Å²) in [6.45, 7) is 12.7. The average molecular weight is 197 g/mol. The minimum Gasteiger partial charge on any atom is -0.250 e. The largest absolute Gasteiger partial charge is 0.289 e. The molecule has 0 radical (unpaired) electrons. The number of rotatable bonds is 1. The van der Waals surface area contributed by atoms with Crippen LogP contribution in [-0.4, -0.2) is 15.3 Å². The van der Waals surface area contributed by atoms with Crippen molar-refractivity contribution in [2.24, 2.45) is 0 Å². The molecule has 0 aliphatic rings. The molecule has 4 nitrogen and oxygen atoms in total. The topological polar surface area (TPSA) is 33.7 Å². The maximum Gasteiger partial charge on any atom is 0.289 e. The first kappa shape index (κ1) is 11.0. The van der Waals surface area contributed by atoms with Crippen LogP contribution in [0.2, 0.25) is 0 Å². The predicted octanol–water partition coefficient (Wildman–Crippen LogP) is 1.27. The Hall–Kier alpha value is -1.06. The van der Waals surface area contributed by atoms with E-state index in [9.17, 15) is 0 Å². The van der Waals surface area contributed by atoms with Crippen molar-refractivity contribution < 1.29 is 4.68 Å². The quantitative estimate of drug-likeness (QED) is 0.688. The van der Waals surface area contributed by atoms with E-state index in [-0.39, 0.29) is 11.1 Å². The van der Waals surface area contributed by atoms with Crippen LogP contribution in [0.1, 0.15) is 41.5 Å². The second-order valence-corrected chi connectivity index (χ2v) is 5.63. The molecule has 0 saturated carbocycles. The number of nitrogens with one attached hydrogen (secondary N) is 1. The molecule has 1 N–H and O–H groups in total. The first-order valence-corrected chi connectivity index (χ1v) is 4.93. The van der Waals surface area contributed by atoms with Crippen LogP contribution < -0.4 is 10.1 Å². The third-order valence-electron chi connectivity index (χ3n) is 1.69. The van der Waals surface area contributed by atoms with Crippen LogP contribution in [-0.2, 0) is 5.54 Å². The Morgan fingerprint density at radius 1 is 1.14 bits per heavy atom. The third kappa shape index (κ3) is 3.01. The van der Waals surface area contributed by atoms with E-state index >= 15 is 0 Å². The van der Waals surface area contributed by atoms with Gasteiger partial charge in [-0.05, 0) is 46.6 Å². The van der Waals surface area contributed by atoms with E-state index in [0.717, 1.165) is 0 Å². The van der Waals surface area contributed by atoms with Gasteiger partial charge in [0.2, 0.25) is 6.33 Å². The van der Waals surface area contributed by atoms with Crippen LogP contribution >= 0.6 is 0 Å². The fourth-order valence-electron chi connectivity index (χ4n) is 1.08. The summed E-state index contributed by atoms with van der Waals surface area (Å²) in [6.07, 6.45) is 3.75. The second kappa shape index (κ2) is 3.26. The molecule has 80 valence electrons. The molecular weight excluding hydrogens is 176 g/mol. The average Bonchev–Trinajstić information content (AvgIpc) is 2.29. The van der Waals surface area contributed by atoms with Crippen molar-refractivity contribution in [3.63, 3.8) is 0 Å². The molecule has 0 unspecified atom stereocenters. The molecule has 14 heavy (non-hydrogen) atoms. The lowest BCUT2D eigenvalue weighted by Crippen LogP contribution is -2.51. The highest BCUT2D eigenvalue weighted by Gasteiger charge is 2.22. The zero-order valence-electron chi connectivity index (χ0n) is 10.00. The van der Waals surface area contributed by atoms with Gasteiger partial charge in [0.15, 0.2) is 0 Å². The van der Waals surface area contributed by atoms with Crippen LogP contribution in [0.5, 0.6) is 0 Å². The van der Waals surface area contributed by atoms with E-state index in [0.29, 0.717) is 0 Å². The fraction of sp³-hybridized carbons (Fsp3) is 0.800. The van der Waals surface area contributed by atoms with Crippen molar-refractivity contribution in [3.05, 3.63) is 12.7 Å². The Labute approximate surface area is 85.9 Å². The van der Waals surface area contributed by atoms with Crippen molar-refractivity contribution in [2.75, 3.05) is 5.43 Å². The van der Waals surface area contributed by atoms with Gasteiger partial charge in [0.25, 0.3) is 6.33 Å². The van der Waals surface area contributed by atoms with E-state index in [1.807, 2.05) is 15.7 Å². The van der Waals surface area contributed by atoms with Crippen LogP contribution in [0.15, 0.2) is 12.7 Å². The smallest absolute Gasteiger partial charge is 0.250 e. The molecule has 1 aromatic rings. The lowest BCUT2D eigenvalue weighted by atomic mass is 10.1. The molecule has 0 aromatic carbocycles. The highest BCUT2D eigenvalue weighted by Crippen LogP contribution is 2.03. The Morgan fingerprint density at radius 3 is 2.07 bits per heavy atom. The van der Waals surface area contributed by atoms with Crippen LogP contribution in [0.25, 0.3) is 0 Å². The van der Waals surface area contributed by atoms with Crippen molar-refractivity contribution in [2.45, 2.75) is 52.6 Å². The standard InChI is InChI=1S/C10H21N4/c1-9(2,3)12-13-7-11-14(8-13)10(4,5)6/h7-8,12H,1-6H3/q+1. The van der Waals surface area contributed by atoms with Gasteiger partial charge in [0, 0.05) is 0 Å². The lowest BCUT2D eigenvalue weighted by Gasteiger charge is -2.17. The van der Waals surface area contributed by atoms with Crippen LogP contribution in [0, 0.1) is 0 Å². The van der Waals surface area contributed by atoms with Gasteiger partial charge >= 0.3 is 0 Å². The molecule has 1 rings (SSSR count). The molecule has 0 spiro atoms. The van der Waals surface area contributed by atoms with Gasteiger partial charge in [0.05, 0.1) is 5.54 Å². The zero-order chi connectivity index (χ0) is 11.0. The van der Waals surface area contributed by atoms with Crippen molar-refractivity contribution in [3.8, 4) is 0 Å². The first-order chi connectivity index (χ1) is 6.18. The number of nitrogens with zero attached hydrogens (tertiary/aromatic N) is 3. The maximum absolute atomic E-state index is 4.29. The minimum absolute atomic E-state index is 0.0326. The summed E-state index contributed by atoms with van der Waals surface area (Å²) >= 11 is 0. The molecule has 0 saturated heterocycles. The summed E-state index contributed by atoms with van der Waals surface area (Å²) in [5, 5.41) is 4.29. The number of hydrogen-bond acceptors (Lipinski definition) is 2. The Balaban J connectivity index is 2.79. The Bertz CT molecular complexity index is 301. The van der Waals surface area contributed by atoms with Crippen molar-refractivity contribution in [1.29, 1.82) is 0 Å². The summed E-state index contributed by atoms with van der Waals surface area (Å²) in [7, 11) is 0. The Morgan fingerprint density at radius 2 is 1.71 bits per heavy atom. The first-order valence-electron chi connectivity index (χ1n) is 4.93.